The lowest BCUT2D eigenvalue weighted by molar-refractivity contribution is -0.147. The summed E-state index contributed by atoms with van der Waals surface area (Å²) in [6, 6.07) is 23.3. The Morgan fingerprint density at radius 1 is 0.810 bits per heavy atom. The maximum absolute atomic E-state index is 13.3. The molecule has 0 spiro atoms. The zero-order chi connectivity index (χ0) is 29.3. The summed E-state index contributed by atoms with van der Waals surface area (Å²) in [4.78, 5) is 27.5. The maximum Gasteiger partial charge on any atom is 0.408 e. The topological polar surface area (TPSA) is 102 Å². The average molecular weight is 590 g/mol. The highest BCUT2D eigenvalue weighted by Crippen LogP contribution is 2.50. The van der Waals surface area contributed by atoms with Crippen LogP contribution in [0, 0.1) is 0 Å². The lowest BCUT2D eigenvalue weighted by atomic mass is 10.1. The van der Waals surface area contributed by atoms with Gasteiger partial charge in [0.1, 0.15) is 32.5 Å². The molecule has 0 saturated carbocycles. The zero-order valence-electron chi connectivity index (χ0n) is 23.3. The molecule has 1 N–H and O–H groups in total. The number of thiophene rings is 1. The number of amides is 1. The van der Waals surface area contributed by atoms with Crippen molar-refractivity contribution in [1.29, 1.82) is 0 Å². The van der Waals surface area contributed by atoms with E-state index in [-0.39, 0.29) is 19.6 Å². The molecule has 2 heterocycles. The highest BCUT2D eigenvalue weighted by atomic mass is 32.1. The number of hydrogen-bond acceptors (Lipinski definition) is 9. The van der Waals surface area contributed by atoms with E-state index in [0.717, 1.165) is 21.6 Å². The Labute approximate surface area is 247 Å². The second-order valence-electron chi connectivity index (χ2n) is 9.34. The highest BCUT2D eigenvalue weighted by molar-refractivity contribution is 7.16. The van der Waals surface area contributed by atoms with Crippen LogP contribution in [0.3, 0.4) is 0 Å². The van der Waals surface area contributed by atoms with Gasteiger partial charge in [-0.2, -0.15) is 0 Å². The Hall–Kier alpha value is -4.70. The monoisotopic (exact) mass is 589 g/mol. The third-order valence-corrected chi connectivity index (χ3v) is 7.71. The van der Waals surface area contributed by atoms with Crippen LogP contribution in [0.5, 0.6) is 23.0 Å². The lowest BCUT2D eigenvalue weighted by Crippen LogP contribution is -2.43. The number of alkyl carbamates (subject to hydrolysis) is 1. The van der Waals surface area contributed by atoms with Gasteiger partial charge in [0, 0.05) is 6.42 Å². The van der Waals surface area contributed by atoms with Crippen LogP contribution in [0.15, 0.2) is 78.9 Å². The number of benzene rings is 3. The summed E-state index contributed by atoms with van der Waals surface area (Å²) in [7, 11) is 3.16. The molecule has 9 nitrogen and oxygen atoms in total. The third kappa shape index (κ3) is 6.95. The number of fused-ring (bicyclic) bond motifs is 1. The quantitative estimate of drug-likeness (QED) is 0.220. The second-order valence-corrected chi connectivity index (χ2v) is 10.4. The van der Waals surface area contributed by atoms with E-state index in [9.17, 15) is 9.59 Å². The molecule has 5 rings (SSSR count). The molecule has 1 aliphatic rings. The average Bonchev–Trinajstić information content (AvgIpc) is 3.41. The first kappa shape index (κ1) is 28.8. The summed E-state index contributed by atoms with van der Waals surface area (Å²) < 4.78 is 33.8. The van der Waals surface area contributed by atoms with Crippen molar-refractivity contribution in [2.75, 3.05) is 27.4 Å². The fourth-order valence-corrected chi connectivity index (χ4v) is 5.56. The van der Waals surface area contributed by atoms with Crippen LogP contribution in [0.4, 0.5) is 4.79 Å². The summed E-state index contributed by atoms with van der Waals surface area (Å²) in [5, 5.41) is 2.67. The van der Waals surface area contributed by atoms with Crippen LogP contribution in [0.2, 0.25) is 0 Å². The standard InChI is InChI=1S/C32H31NO8S/c1-36-25-14-13-23(18-26(25)37-2)30-29-28(38-15-16-39-29)27(42-30)20-40-31(34)24(17-21-9-5-3-6-10-21)33-32(35)41-19-22-11-7-4-8-12-22/h3-14,18,24H,15-17,19-20H2,1-2H3,(H,33,35)/t24-/m0/s1. The fourth-order valence-electron chi connectivity index (χ4n) is 4.46. The molecule has 1 amide bonds. The minimum atomic E-state index is -0.964. The Kier molecular flexibility index (Phi) is 9.45. The molecule has 0 saturated heterocycles. The van der Waals surface area contributed by atoms with Crippen molar-refractivity contribution >= 4 is 23.4 Å². The van der Waals surface area contributed by atoms with Crippen molar-refractivity contribution in [2.24, 2.45) is 0 Å². The fraction of sp³-hybridized carbons (Fsp3) is 0.250. The van der Waals surface area contributed by atoms with Gasteiger partial charge in [0.25, 0.3) is 0 Å². The molecular formula is C32H31NO8S. The van der Waals surface area contributed by atoms with Crippen molar-refractivity contribution in [1.82, 2.24) is 5.32 Å². The van der Waals surface area contributed by atoms with Gasteiger partial charge in [-0.05, 0) is 34.9 Å². The van der Waals surface area contributed by atoms with Crippen LogP contribution >= 0.6 is 11.3 Å². The first-order chi connectivity index (χ1) is 20.6. The molecule has 0 fully saturated rings. The van der Waals surface area contributed by atoms with Gasteiger partial charge in [0.2, 0.25) is 0 Å². The van der Waals surface area contributed by atoms with Crippen molar-refractivity contribution < 1.29 is 38.0 Å². The molecule has 0 unspecified atom stereocenters. The van der Waals surface area contributed by atoms with E-state index in [4.69, 9.17) is 28.4 Å². The van der Waals surface area contributed by atoms with Gasteiger partial charge < -0.3 is 33.7 Å². The molecule has 0 aliphatic carbocycles. The third-order valence-electron chi connectivity index (χ3n) is 6.53. The normalized spacial score (nSPS) is 12.6. The van der Waals surface area contributed by atoms with Gasteiger partial charge in [-0.3, -0.25) is 0 Å². The van der Waals surface area contributed by atoms with Crippen molar-refractivity contribution in [2.45, 2.75) is 25.7 Å². The van der Waals surface area contributed by atoms with E-state index >= 15 is 0 Å². The van der Waals surface area contributed by atoms with Crippen molar-refractivity contribution in [3.63, 3.8) is 0 Å². The molecule has 1 aliphatic heterocycles. The molecule has 10 heteroatoms. The van der Waals surface area contributed by atoms with Crippen molar-refractivity contribution in [3.8, 4) is 33.4 Å². The Balaban J connectivity index is 1.31. The van der Waals surface area contributed by atoms with Crippen LogP contribution in [0.25, 0.3) is 10.4 Å². The Morgan fingerprint density at radius 2 is 1.48 bits per heavy atom. The van der Waals surface area contributed by atoms with Gasteiger partial charge in [-0.15, -0.1) is 11.3 Å². The summed E-state index contributed by atoms with van der Waals surface area (Å²) in [5.74, 6) is 1.72. The molecule has 4 aromatic rings. The smallest absolute Gasteiger partial charge is 0.408 e. The lowest BCUT2D eigenvalue weighted by Gasteiger charge is -2.19. The van der Waals surface area contributed by atoms with Crippen LogP contribution < -0.4 is 24.3 Å². The van der Waals surface area contributed by atoms with E-state index in [1.54, 1.807) is 14.2 Å². The number of ether oxygens (including phenoxy) is 6. The predicted molar refractivity (Wildman–Crippen MR) is 157 cm³/mol. The van der Waals surface area contributed by atoms with Gasteiger partial charge in [-0.1, -0.05) is 60.7 Å². The zero-order valence-corrected chi connectivity index (χ0v) is 24.1. The second kappa shape index (κ2) is 13.8. The van der Waals surface area contributed by atoms with E-state index in [1.807, 2.05) is 78.9 Å². The highest BCUT2D eigenvalue weighted by Gasteiger charge is 2.29. The van der Waals surface area contributed by atoms with Crippen LogP contribution in [0.1, 0.15) is 16.0 Å². The SMILES string of the molecule is COc1ccc(-c2sc(COC(=O)[C@H](Cc3ccccc3)NC(=O)OCc3ccccc3)c3c2OCCO3)cc1OC. The Morgan fingerprint density at radius 3 is 2.17 bits per heavy atom. The van der Waals surface area contributed by atoms with Gasteiger partial charge in [0.15, 0.2) is 23.0 Å². The molecular weight excluding hydrogens is 558 g/mol. The maximum atomic E-state index is 13.3. The molecule has 218 valence electrons. The van der Waals surface area contributed by atoms with E-state index in [1.165, 1.54) is 11.3 Å². The number of nitrogens with one attached hydrogen (secondary N) is 1. The van der Waals surface area contributed by atoms with Gasteiger partial charge in [-0.25, -0.2) is 9.59 Å². The summed E-state index contributed by atoms with van der Waals surface area (Å²) in [5.41, 5.74) is 2.55. The first-order valence-corrected chi connectivity index (χ1v) is 14.2. The van der Waals surface area contributed by atoms with Gasteiger partial charge >= 0.3 is 12.1 Å². The number of rotatable bonds is 11. The van der Waals surface area contributed by atoms with Gasteiger partial charge in [0.05, 0.1) is 24.0 Å². The number of esters is 1. The van der Waals surface area contributed by atoms with Crippen LogP contribution in [-0.2, 0) is 33.9 Å². The summed E-state index contributed by atoms with van der Waals surface area (Å²) in [6.45, 7) is 0.796. The molecule has 0 radical (unpaired) electrons. The number of hydrogen-bond donors (Lipinski definition) is 1. The Bertz CT molecular complexity index is 1510. The number of methoxy groups -OCH3 is 2. The molecule has 3 aromatic carbocycles. The van der Waals surface area contributed by atoms with Crippen LogP contribution in [-0.4, -0.2) is 45.5 Å². The van der Waals surface area contributed by atoms with E-state index in [0.29, 0.717) is 41.1 Å². The largest absolute Gasteiger partial charge is 0.493 e. The molecule has 0 bridgehead atoms. The number of carbonyl (C=O) groups is 2. The summed E-state index contributed by atoms with van der Waals surface area (Å²) >= 11 is 1.40. The van der Waals surface area contributed by atoms with E-state index in [2.05, 4.69) is 5.32 Å². The predicted octanol–water partition coefficient (Wildman–Crippen LogP) is 5.78. The first-order valence-electron chi connectivity index (χ1n) is 13.4. The molecule has 42 heavy (non-hydrogen) atoms. The number of carbonyl (C=O) groups excluding carboxylic acids is 2. The van der Waals surface area contributed by atoms with E-state index < -0.39 is 18.1 Å². The minimum absolute atomic E-state index is 0.0610. The molecule has 1 aromatic heterocycles. The molecule has 1 atom stereocenters. The van der Waals surface area contributed by atoms with Crippen molar-refractivity contribution in [3.05, 3.63) is 94.9 Å². The minimum Gasteiger partial charge on any atom is -0.493 e. The summed E-state index contributed by atoms with van der Waals surface area (Å²) in [6.07, 6.45) is -0.475.